The van der Waals surface area contributed by atoms with Gasteiger partial charge in [0, 0.05) is 32.2 Å². The molecule has 3 aromatic rings. The van der Waals surface area contributed by atoms with Gasteiger partial charge in [0.25, 0.3) is 10.2 Å². The Balaban J connectivity index is 1.57. The number of likely N-dealkylation sites (N-methyl/N-ethyl adjacent to an activating group) is 1. The third kappa shape index (κ3) is 4.48. The second kappa shape index (κ2) is 8.28. The summed E-state index contributed by atoms with van der Waals surface area (Å²) in [6, 6.07) is 3.89. The third-order valence-corrected chi connectivity index (χ3v) is 7.86. The van der Waals surface area contributed by atoms with Crippen molar-refractivity contribution in [2.24, 2.45) is 7.05 Å². The number of nitrogens with zero attached hydrogens (tertiary/aromatic N) is 4. The summed E-state index contributed by atoms with van der Waals surface area (Å²) in [5, 5.41) is 7.30. The number of rotatable bonds is 4. The lowest BCUT2D eigenvalue weighted by Crippen LogP contribution is -2.55. The highest BCUT2D eigenvalue weighted by Crippen LogP contribution is 2.34. The molecule has 2 atom stereocenters. The molecule has 13 heteroatoms. The van der Waals surface area contributed by atoms with E-state index in [1.54, 1.807) is 24.1 Å². The SMILES string of the molecule is CN1[C@H](C(=O)Nc2ccc(F)c(Cl)c2)C[C@H](c2ncc(-c3ccn(C)n3)s2)NS1(=O)=O. The average Bonchev–Trinajstić information content (AvgIpc) is 3.35. The van der Waals surface area contributed by atoms with Gasteiger partial charge >= 0.3 is 0 Å². The number of hydrogen-bond acceptors (Lipinski definition) is 6. The molecule has 0 unspecified atom stereocenters. The molecule has 164 valence electrons. The van der Waals surface area contributed by atoms with Crippen LogP contribution >= 0.6 is 22.9 Å². The van der Waals surface area contributed by atoms with Crippen molar-refractivity contribution in [3.8, 4) is 10.6 Å². The zero-order valence-corrected chi connectivity index (χ0v) is 18.8. The molecule has 1 fully saturated rings. The van der Waals surface area contributed by atoms with Crippen LogP contribution < -0.4 is 10.0 Å². The van der Waals surface area contributed by atoms with E-state index >= 15 is 0 Å². The van der Waals surface area contributed by atoms with Gasteiger partial charge in [0.15, 0.2) is 0 Å². The van der Waals surface area contributed by atoms with Crippen LogP contribution in [0.2, 0.25) is 5.02 Å². The maximum atomic E-state index is 13.4. The summed E-state index contributed by atoms with van der Waals surface area (Å²) < 4.78 is 43.8. The lowest BCUT2D eigenvalue weighted by atomic mass is 10.1. The van der Waals surface area contributed by atoms with E-state index in [-0.39, 0.29) is 17.1 Å². The van der Waals surface area contributed by atoms with Crippen LogP contribution in [0.1, 0.15) is 17.5 Å². The fourth-order valence-electron chi connectivity index (χ4n) is 3.19. The van der Waals surface area contributed by atoms with E-state index in [4.69, 9.17) is 11.6 Å². The Labute approximate surface area is 187 Å². The minimum absolute atomic E-state index is 0.146. The van der Waals surface area contributed by atoms with E-state index in [2.05, 4.69) is 20.1 Å². The van der Waals surface area contributed by atoms with Gasteiger partial charge in [0.05, 0.1) is 15.9 Å². The van der Waals surface area contributed by atoms with Crippen molar-refractivity contribution in [1.29, 1.82) is 0 Å². The van der Waals surface area contributed by atoms with Crippen molar-refractivity contribution in [3.05, 3.63) is 52.5 Å². The third-order valence-electron chi connectivity index (χ3n) is 4.85. The zero-order chi connectivity index (χ0) is 22.3. The Bertz CT molecular complexity index is 1240. The zero-order valence-electron chi connectivity index (χ0n) is 16.4. The van der Waals surface area contributed by atoms with Crippen molar-refractivity contribution in [2.75, 3.05) is 12.4 Å². The largest absolute Gasteiger partial charge is 0.325 e. The molecule has 1 aliphatic heterocycles. The lowest BCUT2D eigenvalue weighted by molar-refractivity contribution is -0.120. The number of benzene rings is 1. The topological polar surface area (TPSA) is 109 Å². The maximum absolute atomic E-state index is 13.4. The van der Waals surface area contributed by atoms with Crippen LogP contribution in [0.4, 0.5) is 10.1 Å². The first-order chi connectivity index (χ1) is 14.6. The Hall–Kier alpha value is -2.38. The first-order valence-electron chi connectivity index (χ1n) is 9.11. The van der Waals surface area contributed by atoms with Crippen molar-refractivity contribution in [2.45, 2.75) is 18.5 Å². The van der Waals surface area contributed by atoms with Gasteiger partial charge in [-0.1, -0.05) is 11.6 Å². The van der Waals surface area contributed by atoms with Gasteiger partial charge in [-0.05, 0) is 30.7 Å². The number of anilines is 1. The van der Waals surface area contributed by atoms with Gasteiger partial charge in [-0.3, -0.25) is 9.48 Å². The van der Waals surface area contributed by atoms with E-state index in [9.17, 15) is 17.6 Å². The molecule has 1 amide bonds. The minimum Gasteiger partial charge on any atom is -0.325 e. The summed E-state index contributed by atoms with van der Waals surface area (Å²) in [6.45, 7) is 0. The molecule has 0 bridgehead atoms. The van der Waals surface area contributed by atoms with Crippen LogP contribution in [-0.4, -0.2) is 46.5 Å². The molecule has 1 aromatic carbocycles. The standard InChI is InChI=1S/C18H18ClFN6O3S2/c1-25-6-5-13(23-25)16-9-21-18(30-16)14-8-15(26(2)31(28,29)24-14)17(27)22-10-3-4-12(20)11(19)7-10/h3-7,9,14-15,24H,8H2,1-2H3,(H,22,27)/t14-,15+/m1/s1. The van der Waals surface area contributed by atoms with Crippen molar-refractivity contribution in [1.82, 2.24) is 23.8 Å². The summed E-state index contributed by atoms with van der Waals surface area (Å²) >= 11 is 7.06. The number of aryl methyl sites for hydroxylation is 1. The van der Waals surface area contributed by atoms with Crippen LogP contribution in [-0.2, 0) is 22.1 Å². The number of hydrogen-bond donors (Lipinski definition) is 2. The summed E-state index contributed by atoms with van der Waals surface area (Å²) in [7, 11) is -0.807. The molecule has 0 spiro atoms. The van der Waals surface area contributed by atoms with E-state index in [0.29, 0.717) is 5.01 Å². The molecular weight excluding hydrogens is 467 g/mol. The average molecular weight is 485 g/mol. The molecule has 1 aliphatic rings. The van der Waals surface area contributed by atoms with Crippen LogP contribution in [0.15, 0.2) is 36.7 Å². The molecule has 4 rings (SSSR count). The number of amides is 1. The highest BCUT2D eigenvalue weighted by molar-refractivity contribution is 7.87. The molecule has 31 heavy (non-hydrogen) atoms. The van der Waals surface area contributed by atoms with Gasteiger partial charge in [-0.15, -0.1) is 11.3 Å². The summed E-state index contributed by atoms with van der Waals surface area (Å²) in [4.78, 5) is 18.0. The normalized spacial score (nSPS) is 21.2. The van der Waals surface area contributed by atoms with Crippen molar-refractivity contribution < 1.29 is 17.6 Å². The van der Waals surface area contributed by atoms with E-state index in [1.165, 1.54) is 30.5 Å². The number of thiazole rings is 1. The van der Waals surface area contributed by atoms with Gasteiger partial charge in [0.1, 0.15) is 22.6 Å². The van der Waals surface area contributed by atoms with E-state index < -0.39 is 34.0 Å². The Kier molecular flexibility index (Phi) is 5.83. The molecule has 3 heterocycles. The second-order valence-electron chi connectivity index (χ2n) is 7.00. The van der Waals surface area contributed by atoms with Crippen LogP contribution in [0, 0.1) is 5.82 Å². The maximum Gasteiger partial charge on any atom is 0.280 e. The van der Waals surface area contributed by atoms with E-state index in [0.717, 1.165) is 20.9 Å². The van der Waals surface area contributed by atoms with Crippen molar-refractivity contribution in [3.63, 3.8) is 0 Å². The first kappa shape index (κ1) is 21.8. The molecule has 2 aromatic heterocycles. The van der Waals surface area contributed by atoms with Crippen LogP contribution in [0.5, 0.6) is 0 Å². The molecule has 1 saturated heterocycles. The predicted octanol–water partition coefficient (Wildman–Crippen LogP) is 2.55. The summed E-state index contributed by atoms with van der Waals surface area (Å²) in [5.41, 5.74) is 0.994. The number of aromatic nitrogens is 3. The number of carbonyl (C=O) groups is 1. The molecule has 0 aliphatic carbocycles. The fraction of sp³-hybridized carbons (Fsp3) is 0.278. The first-order valence-corrected chi connectivity index (χ1v) is 11.7. The Morgan fingerprint density at radius 2 is 2.13 bits per heavy atom. The predicted molar refractivity (Wildman–Crippen MR) is 115 cm³/mol. The van der Waals surface area contributed by atoms with E-state index in [1.807, 2.05) is 6.07 Å². The Morgan fingerprint density at radius 3 is 2.81 bits per heavy atom. The molecule has 2 N–H and O–H groups in total. The molecule has 0 saturated carbocycles. The lowest BCUT2D eigenvalue weighted by Gasteiger charge is -2.35. The number of carbonyl (C=O) groups excluding carboxylic acids is 1. The summed E-state index contributed by atoms with van der Waals surface area (Å²) in [6.07, 6.45) is 3.59. The quantitative estimate of drug-likeness (QED) is 0.591. The van der Waals surface area contributed by atoms with Gasteiger partial charge in [-0.25, -0.2) is 9.37 Å². The Morgan fingerprint density at radius 1 is 1.35 bits per heavy atom. The molecular formula is C18H18ClFN6O3S2. The van der Waals surface area contributed by atoms with Gasteiger partial charge in [0.2, 0.25) is 5.91 Å². The number of halogens is 2. The van der Waals surface area contributed by atoms with Crippen LogP contribution in [0.25, 0.3) is 10.6 Å². The molecule has 9 nitrogen and oxygen atoms in total. The fourth-order valence-corrected chi connectivity index (χ4v) is 5.64. The minimum atomic E-state index is -3.93. The smallest absolute Gasteiger partial charge is 0.280 e. The highest BCUT2D eigenvalue weighted by Gasteiger charge is 2.41. The second-order valence-corrected chi connectivity index (χ2v) is 10.2. The summed E-state index contributed by atoms with van der Waals surface area (Å²) in [5.74, 6) is -1.17. The van der Waals surface area contributed by atoms with Crippen molar-refractivity contribution >= 4 is 44.7 Å². The molecule has 0 radical (unpaired) electrons. The highest BCUT2D eigenvalue weighted by atomic mass is 35.5. The van der Waals surface area contributed by atoms with Gasteiger partial charge < -0.3 is 5.32 Å². The van der Waals surface area contributed by atoms with Crippen LogP contribution in [0.3, 0.4) is 0 Å². The monoisotopic (exact) mass is 484 g/mol. The number of nitrogens with one attached hydrogen (secondary N) is 2. The van der Waals surface area contributed by atoms with Gasteiger partial charge in [-0.2, -0.15) is 22.5 Å².